The van der Waals surface area contributed by atoms with E-state index in [9.17, 15) is 4.79 Å². The highest BCUT2D eigenvalue weighted by atomic mass is 28.4. The van der Waals surface area contributed by atoms with E-state index in [1.54, 1.807) is 12.1 Å². The fourth-order valence-electron chi connectivity index (χ4n) is 3.52. The highest BCUT2D eigenvalue weighted by Crippen LogP contribution is 2.36. The molecule has 188 valence electrons. The monoisotopic (exact) mass is 507 g/mol. The Morgan fingerprint density at radius 2 is 1.76 bits per heavy atom. The van der Waals surface area contributed by atoms with Crippen LogP contribution in [0.4, 0.5) is 5.69 Å². The molecular weight excluding hydrogens is 474 g/mol. The average Bonchev–Trinajstić information content (AvgIpc) is 3.28. The van der Waals surface area contributed by atoms with Crippen LogP contribution in [0.25, 0.3) is 23.1 Å². The molecule has 0 aliphatic heterocycles. The number of anilines is 1. The van der Waals surface area contributed by atoms with Gasteiger partial charge in [0.25, 0.3) is 5.91 Å². The number of hydrogen-bond acceptors (Lipinski definition) is 3. The molecule has 2 N–H and O–H groups in total. The van der Waals surface area contributed by atoms with Crippen LogP contribution in [0.3, 0.4) is 0 Å². The zero-order valence-corrected chi connectivity index (χ0v) is 23.1. The zero-order valence-electron chi connectivity index (χ0n) is 22.1. The molecule has 0 bridgehead atoms. The number of nitrogens with one attached hydrogen (secondary N) is 2. The van der Waals surface area contributed by atoms with Crippen molar-refractivity contribution in [3.63, 3.8) is 0 Å². The first kappa shape index (κ1) is 26.1. The number of para-hydroxylation sites is 1. The third-order valence-corrected chi connectivity index (χ3v) is 11.3. The number of rotatable bonds is 6. The molecule has 0 fully saturated rings. The van der Waals surface area contributed by atoms with E-state index in [1.807, 2.05) is 72.8 Å². The number of hydrogen-bond donors (Lipinski definition) is 2. The summed E-state index contributed by atoms with van der Waals surface area (Å²) in [6.07, 6.45) is 3.94. The van der Waals surface area contributed by atoms with Gasteiger partial charge < -0.3 is 9.74 Å². The molecule has 37 heavy (non-hydrogen) atoms. The minimum absolute atomic E-state index is 0.144. The lowest BCUT2D eigenvalue weighted by Crippen LogP contribution is -2.40. The number of carbonyl (C=O) groups is 1. The Morgan fingerprint density at radius 3 is 2.51 bits per heavy atom. The van der Waals surface area contributed by atoms with Gasteiger partial charge >= 0.3 is 0 Å². The van der Waals surface area contributed by atoms with Crippen molar-refractivity contribution >= 4 is 43.0 Å². The molecule has 0 atom stereocenters. The van der Waals surface area contributed by atoms with Gasteiger partial charge in [-0.15, -0.1) is 0 Å². The Morgan fingerprint density at radius 1 is 1.03 bits per heavy atom. The number of amides is 1. The maximum absolute atomic E-state index is 12.7. The molecule has 1 amide bonds. The Labute approximate surface area is 220 Å². The van der Waals surface area contributed by atoms with Crippen LogP contribution in [0, 0.1) is 11.8 Å². The third-order valence-electron chi connectivity index (χ3n) is 6.80. The molecular formula is C31H33N3O2Si. The third kappa shape index (κ3) is 6.45. The van der Waals surface area contributed by atoms with Gasteiger partial charge in [-0.3, -0.25) is 9.89 Å². The van der Waals surface area contributed by atoms with E-state index >= 15 is 0 Å². The summed E-state index contributed by atoms with van der Waals surface area (Å²) in [4.78, 5) is 12.7. The molecule has 0 saturated heterocycles. The van der Waals surface area contributed by atoms with Crippen LogP contribution >= 0.6 is 0 Å². The Hall–Kier alpha value is -3.92. The highest BCUT2D eigenvalue weighted by Gasteiger charge is 2.36. The van der Waals surface area contributed by atoms with Gasteiger partial charge in [0.05, 0.1) is 17.8 Å². The summed E-state index contributed by atoms with van der Waals surface area (Å²) < 4.78 is 6.17. The second-order valence-corrected chi connectivity index (χ2v) is 15.3. The summed E-state index contributed by atoms with van der Waals surface area (Å²) in [5.74, 6) is 6.26. The minimum Gasteiger partial charge on any atom is -0.406 e. The summed E-state index contributed by atoms with van der Waals surface area (Å²) in [7, 11) is -1.82. The molecule has 5 nitrogen and oxygen atoms in total. The number of fused-ring (bicyclic) bond motifs is 1. The van der Waals surface area contributed by atoms with Gasteiger partial charge in [-0.1, -0.05) is 75.1 Å². The average molecular weight is 508 g/mol. The van der Waals surface area contributed by atoms with Crippen LogP contribution in [0.1, 0.15) is 48.0 Å². The highest BCUT2D eigenvalue weighted by molar-refractivity contribution is 6.74. The fourth-order valence-corrected chi connectivity index (χ4v) is 4.39. The second-order valence-electron chi connectivity index (χ2n) is 10.5. The molecule has 1 heterocycles. The fraction of sp³-hybridized carbons (Fsp3) is 0.226. The molecule has 0 saturated carbocycles. The van der Waals surface area contributed by atoms with Gasteiger partial charge in [-0.2, -0.15) is 5.10 Å². The van der Waals surface area contributed by atoms with Gasteiger partial charge in [-0.05, 0) is 66.2 Å². The molecule has 4 rings (SSSR count). The van der Waals surface area contributed by atoms with Crippen molar-refractivity contribution in [2.45, 2.75) is 38.9 Å². The largest absolute Gasteiger partial charge is 0.406 e. The lowest BCUT2D eigenvalue weighted by molar-refractivity contribution is 0.102. The summed E-state index contributed by atoms with van der Waals surface area (Å²) in [5.41, 5.74) is 4.91. The molecule has 4 aromatic rings. The topological polar surface area (TPSA) is 67.0 Å². The molecule has 0 aliphatic rings. The van der Waals surface area contributed by atoms with E-state index in [0.29, 0.717) is 12.2 Å². The smallest absolute Gasteiger partial charge is 0.255 e. The van der Waals surface area contributed by atoms with Crippen molar-refractivity contribution in [2.75, 3.05) is 11.9 Å². The van der Waals surface area contributed by atoms with Crippen LogP contribution in [-0.4, -0.2) is 31.0 Å². The number of benzene rings is 3. The predicted molar refractivity (Wildman–Crippen MR) is 156 cm³/mol. The summed E-state index contributed by atoms with van der Waals surface area (Å²) in [6.45, 7) is 11.6. The van der Waals surface area contributed by atoms with E-state index in [2.05, 4.69) is 61.2 Å². The molecule has 0 unspecified atom stereocenters. The quantitative estimate of drug-likeness (QED) is 0.212. The predicted octanol–water partition coefficient (Wildman–Crippen LogP) is 7.36. The van der Waals surface area contributed by atoms with E-state index in [4.69, 9.17) is 4.43 Å². The van der Waals surface area contributed by atoms with E-state index < -0.39 is 8.32 Å². The van der Waals surface area contributed by atoms with Crippen molar-refractivity contribution < 1.29 is 9.22 Å². The Bertz CT molecular complexity index is 1490. The van der Waals surface area contributed by atoms with Gasteiger partial charge in [0.1, 0.15) is 0 Å². The summed E-state index contributed by atoms with van der Waals surface area (Å²) in [6, 6.07) is 22.9. The Balaban J connectivity index is 1.51. The molecule has 1 aromatic heterocycles. The van der Waals surface area contributed by atoms with E-state index in [-0.39, 0.29) is 10.9 Å². The second kappa shape index (κ2) is 11.0. The van der Waals surface area contributed by atoms with Gasteiger partial charge in [0.15, 0.2) is 8.32 Å². The van der Waals surface area contributed by atoms with Gasteiger partial charge in [0, 0.05) is 22.2 Å². The van der Waals surface area contributed by atoms with Crippen molar-refractivity contribution in [3.8, 4) is 11.8 Å². The minimum atomic E-state index is -1.82. The number of nitrogens with zero attached hydrogens (tertiary/aromatic N) is 1. The van der Waals surface area contributed by atoms with Crippen LogP contribution in [0.2, 0.25) is 18.1 Å². The van der Waals surface area contributed by atoms with Crippen molar-refractivity contribution in [1.29, 1.82) is 0 Å². The standard InChI is InChI=1S/C31H33N3O2Si/c1-31(2,3)37(4,5)36-21-11-12-23-17-19-28-26(22-23)29(34-33-28)20-18-24-13-9-10-16-27(24)32-30(35)25-14-7-6-8-15-25/h6-10,13-20,22H,21H2,1-5H3,(H,32,35)(H,33,34). The van der Waals surface area contributed by atoms with Crippen molar-refractivity contribution in [2.24, 2.45) is 0 Å². The number of aromatic amines is 1. The summed E-state index contributed by atoms with van der Waals surface area (Å²) >= 11 is 0. The zero-order chi connectivity index (χ0) is 26.5. The van der Waals surface area contributed by atoms with Gasteiger partial charge in [0.2, 0.25) is 0 Å². The molecule has 6 heteroatoms. The van der Waals surface area contributed by atoms with Crippen LogP contribution in [0.15, 0.2) is 72.8 Å². The SMILES string of the molecule is CC(C)(C)[Si](C)(C)OCC#Cc1ccc2n[nH]c(C=Cc3ccccc3NC(=O)c3ccccc3)c2c1. The first-order valence-corrected chi connectivity index (χ1v) is 15.3. The van der Waals surface area contributed by atoms with E-state index in [0.717, 1.165) is 33.4 Å². The van der Waals surface area contributed by atoms with Gasteiger partial charge in [-0.25, -0.2) is 0 Å². The number of aromatic nitrogens is 2. The maximum Gasteiger partial charge on any atom is 0.255 e. The lowest BCUT2D eigenvalue weighted by atomic mass is 10.1. The first-order valence-electron chi connectivity index (χ1n) is 12.4. The molecule has 0 radical (unpaired) electrons. The normalized spacial score (nSPS) is 11.9. The number of H-pyrrole nitrogens is 1. The molecule has 3 aromatic carbocycles. The molecule has 0 aliphatic carbocycles. The maximum atomic E-state index is 12.7. The number of carbonyl (C=O) groups excluding carboxylic acids is 1. The first-order chi connectivity index (χ1) is 17.6. The van der Waals surface area contributed by atoms with Crippen molar-refractivity contribution in [1.82, 2.24) is 10.2 Å². The van der Waals surface area contributed by atoms with Crippen LogP contribution in [0.5, 0.6) is 0 Å². The van der Waals surface area contributed by atoms with Crippen LogP contribution < -0.4 is 5.32 Å². The Kier molecular flexibility index (Phi) is 7.77. The lowest BCUT2D eigenvalue weighted by Gasteiger charge is -2.35. The van der Waals surface area contributed by atoms with E-state index in [1.165, 1.54) is 0 Å². The van der Waals surface area contributed by atoms with Crippen LogP contribution in [-0.2, 0) is 4.43 Å². The summed E-state index contributed by atoms with van der Waals surface area (Å²) in [5, 5.41) is 11.7. The van der Waals surface area contributed by atoms with Crippen molar-refractivity contribution in [3.05, 3.63) is 95.2 Å². The molecule has 0 spiro atoms.